The molecule has 0 aliphatic heterocycles. The molecule has 0 radical (unpaired) electrons. The SMILES string of the molecule is CN=C(NCCC(F)(F)F)NCc1ccccc1CN(C)Cc1ccco1.I. The summed E-state index contributed by atoms with van der Waals surface area (Å²) < 4.78 is 42.1. The number of halogens is 4. The highest BCUT2D eigenvalue weighted by Gasteiger charge is 2.26. The van der Waals surface area contributed by atoms with Gasteiger partial charge in [0.1, 0.15) is 5.76 Å². The molecular weight excluding hydrogens is 484 g/mol. The summed E-state index contributed by atoms with van der Waals surface area (Å²) in [7, 11) is 3.54. The van der Waals surface area contributed by atoms with Gasteiger partial charge in [-0.1, -0.05) is 24.3 Å². The van der Waals surface area contributed by atoms with Crippen LogP contribution < -0.4 is 10.6 Å². The standard InChI is InChI=1S/C19H25F3N4O.HI/c1-23-18(24-10-9-19(20,21)22)25-12-15-6-3-4-7-16(15)13-26(2)14-17-8-5-11-27-17;/h3-8,11H,9-10,12-14H2,1-2H3,(H2,23,24,25);1H. The number of furan rings is 1. The first-order chi connectivity index (χ1) is 12.9. The molecule has 5 nitrogen and oxygen atoms in total. The maximum atomic E-state index is 12.3. The van der Waals surface area contributed by atoms with E-state index in [1.807, 2.05) is 43.4 Å². The Balaban J connectivity index is 0.00000392. The van der Waals surface area contributed by atoms with Gasteiger partial charge in [-0.2, -0.15) is 13.2 Å². The molecule has 0 aliphatic rings. The summed E-state index contributed by atoms with van der Waals surface area (Å²) in [5.41, 5.74) is 2.19. The number of hydrogen-bond donors (Lipinski definition) is 2. The Hall–Kier alpha value is -1.75. The van der Waals surface area contributed by atoms with Crippen molar-refractivity contribution in [2.45, 2.75) is 32.2 Å². The molecule has 0 fully saturated rings. The van der Waals surface area contributed by atoms with Crippen LogP contribution in [0.5, 0.6) is 0 Å². The van der Waals surface area contributed by atoms with Gasteiger partial charge in [0.25, 0.3) is 0 Å². The molecule has 0 saturated carbocycles. The predicted molar refractivity (Wildman–Crippen MR) is 115 cm³/mol. The molecule has 28 heavy (non-hydrogen) atoms. The third-order valence-corrected chi connectivity index (χ3v) is 3.94. The first-order valence-electron chi connectivity index (χ1n) is 8.66. The van der Waals surface area contributed by atoms with Crippen LogP contribution in [0.25, 0.3) is 0 Å². The maximum absolute atomic E-state index is 12.3. The van der Waals surface area contributed by atoms with Crippen LogP contribution in [-0.2, 0) is 19.6 Å². The summed E-state index contributed by atoms with van der Waals surface area (Å²) >= 11 is 0. The van der Waals surface area contributed by atoms with Crippen LogP contribution in [0.4, 0.5) is 13.2 Å². The van der Waals surface area contributed by atoms with Crippen molar-refractivity contribution >= 4 is 29.9 Å². The zero-order valence-corrected chi connectivity index (χ0v) is 18.3. The Morgan fingerprint density at radius 3 is 2.39 bits per heavy atom. The fraction of sp³-hybridized carbons (Fsp3) is 0.421. The summed E-state index contributed by atoms with van der Waals surface area (Å²) in [6.07, 6.45) is -3.43. The van der Waals surface area contributed by atoms with Crippen molar-refractivity contribution in [3.8, 4) is 0 Å². The Bertz CT molecular complexity index is 720. The summed E-state index contributed by atoms with van der Waals surface area (Å²) in [5, 5.41) is 5.75. The van der Waals surface area contributed by atoms with Crippen LogP contribution in [0.1, 0.15) is 23.3 Å². The molecule has 156 valence electrons. The van der Waals surface area contributed by atoms with E-state index in [0.717, 1.165) is 23.4 Å². The molecule has 1 aromatic heterocycles. The monoisotopic (exact) mass is 510 g/mol. The lowest BCUT2D eigenvalue weighted by atomic mass is 10.1. The highest BCUT2D eigenvalue weighted by molar-refractivity contribution is 14.0. The molecule has 0 unspecified atom stereocenters. The van der Waals surface area contributed by atoms with Crippen LogP contribution >= 0.6 is 24.0 Å². The molecule has 0 saturated heterocycles. The van der Waals surface area contributed by atoms with Gasteiger partial charge >= 0.3 is 6.18 Å². The number of nitrogens with zero attached hydrogens (tertiary/aromatic N) is 2. The van der Waals surface area contributed by atoms with E-state index in [9.17, 15) is 13.2 Å². The topological polar surface area (TPSA) is 52.8 Å². The molecule has 0 aliphatic carbocycles. The fourth-order valence-corrected chi connectivity index (χ4v) is 2.62. The molecule has 1 aromatic carbocycles. The van der Waals surface area contributed by atoms with E-state index in [2.05, 4.69) is 20.5 Å². The van der Waals surface area contributed by atoms with Crippen molar-refractivity contribution in [3.05, 3.63) is 59.5 Å². The number of guanidine groups is 1. The second-order valence-corrected chi connectivity index (χ2v) is 6.24. The lowest BCUT2D eigenvalue weighted by molar-refractivity contribution is -0.132. The maximum Gasteiger partial charge on any atom is 0.390 e. The third-order valence-electron chi connectivity index (χ3n) is 3.94. The van der Waals surface area contributed by atoms with Crippen molar-refractivity contribution in [3.63, 3.8) is 0 Å². The van der Waals surface area contributed by atoms with E-state index in [1.54, 1.807) is 6.26 Å². The van der Waals surface area contributed by atoms with Gasteiger partial charge in [0, 0.05) is 26.7 Å². The van der Waals surface area contributed by atoms with Gasteiger partial charge in [-0.15, -0.1) is 24.0 Å². The van der Waals surface area contributed by atoms with Crippen LogP contribution in [0.3, 0.4) is 0 Å². The number of aliphatic imine (C=N–C) groups is 1. The zero-order valence-electron chi connectivity index (χ0n) is 15.9. The quantitative estimate of drug-likeness (QED) is 0.319. The Kier molecular flexibility index (Phi) is 10.4. The van der Waals surface area contributed by atoms with E-state index in [0.29, 0.717) is 19.0 Å². The van der Waals surface area contributed by atoms with Crippen molar-refractivity contribution in [1.82, 2.24) is 15.5 Å². The van der Waals surface area contributed by atoms with E-state index in [1.165, 1.54) is 7.05 Å². The molecule has 2 aromatic rings. The lowest BCUT2D eigenvalue weighted by Gasteiger charge is -2.19. The van der Waals surface area contributed by atoms with Crippen molar-refractivity contribution in [2.24, 2.45) is 4.99 Å². The number of hydrogen-bond acceptors (Lipinski definition) is 3. The molecule has 2 rings (SSSR count). The van der Waals surface area contributed by atoms with E-state index >= 15 is 0 Å². The largest absolute Gasteiger partial charge is 0.468 e. The molecule has 1 heterocycles. The number of nitrogens with one attached hydrogen (secondary N) is 2. The average molecular weight is 510 g/mol. The Labute approximate surface area is 180 Å². The minimum Gasteiger partial charge on any atom is -0.468 e. The number of alkyl halides is 3. The van der Waals surface area contributed by atoms with Gasteiger partial charge in [0.15, 0.2) is 5.96 Å². The normalized spacial score (nSPS) is 12.0. The van der Waals surface area contributed by atoms with Crippen molar-refractivity contribution < 1.29 is 17.6 Å². The highest BCUT2D eigenvalue weighted by atomic mass is 127. The van der Waals surface area contributed by atoms with E-state index < -0.39 is 12.6 Å². The van der Waals surface area contributed by atoms with Gasteiger partial charge < -0.3 is 15.1 Å². The fourth-order valence-electron chi connectivity index (χ4n) is 2.62. The second kappa shape index (κ2) is 11.9. The third kappa shape index (κ3) is 8.96. The Morgan fingerprint density at radius 1 is 1.07 bits per heavy atom. The number of rotatable bonds is 8. The van der Waals surface area contributed by atoms with E-state index in [-0.39, 0.29) is 30.5 Å². The molecule has 2 N–H and O–H groups in total. The van der Waals surface area contributed by atoms with Gasteiger partial charge in [0.2, 0.25) is 0 Å². The van der Waals surface area contributed by atoms with Crippen LogP contribution in [0.2, 0.25) is 0 Å². The van der Waals surface area contributed by atoms with Gasteiger partial charge in [-0.3, -0.25) is 9.89 Å². The van der Waals surface area contributed by atoms with E-state index in [4.69, 9.17) is 4.42 Å². The average Bonchev–Trinajstić information content (AvgIpc) is 3.11. The van der Waals surface area contributed by atoms with Crippen LogP contribution in [-0.4, -0.2) is 37.7 Å². The first kappa shape index (κ1) is 24.3. The minimum atomic E-state index is -4.18. The zero-order chi connectivity index (χ0) is 19.7. The minimum absolute atomic E-state index is 0. The van der Waals surface area contributed by atoms with Crippen molar-refractivity contribution in [1.29, 1.82) is 0 Å². The molecule has 0 bridgehead atoms. The summed E-state index contributed by atoms with van der Waals surface area (Å²) in [4.78, 5) is 6.10. The van der Waals surface area contributed by atoms with Crippen molar-refractivity contribution in [2.75, 3.05) is 20.6 Å². The van der Waals surface area contributed by atoms with Crippen LogP contribution in [0, 0.1) is 0 Å². The molecular formula is C19H26F3IN4O. The smallest absolute Gasteiger partial charge is 0.390 e. The van der Waals surface area contributed by atoms with Crippen LogP contribution in [0.15, 0.2) is 52.1 Å². The second-order valence-electron chi connectivity index (χ2n) is 6.24. The molecule has 0 amide bonds. The van der Waals surface area contributed by atoms with Gasteiger partial charge in [-0.25, -0.2) is 0 Å². The lowest BCUT2D eigenvalue weighted by Crippen LogP contribution is -2.38. The van der Waals surface area contributed by atoms with Gasteiger partial charge in [0.05, 0.1) is 19.2 Å². The number of benzene rings is 1. The summed E-state index contributed by atoms with van der Waals surface area (Å²) in [6, 6.07) is 11.7. The Morgan fingerprint density at radius 2 is 1.79 bits per heavy atom. The summed E-state index contributed by atoms with van der Waals surface area (Å²) in [5.74, 6) is 1.24. The first-order valence-corrected chi connectivity index (χ1v) is 8.66. The summed E-state index contributed by atoms with van der Waals surface area (Å²) in [6.45, 7) is 1.67. The predicted octanol–water partition coefficient (Wildman–Crippen LogP) is 4.15. The highest BCUT2D eigenvalue weighted by Crippen LogP contribution is 2.18. The molecule has 0 atom stereocenters. The van der Waals surface area contributed by atoms with Gasteiger partial charge in [-0.05, 0) is 30.3 Å². The molecule has 9 heteroatoms. The molecule has 0 spiro atoms.